The first-order valence-corrected chi connectivity index (χ1v) is 10.9. The molecule has 0 saturated carbocycles. The zero-order valence-corrected chi connectivity index (χ0v) is 16.7. The monoisotopic (exact) mass is 383 g/mol. The van der Waals surface area contributed by atoms with Crippen LogP contribution in [-0.2, 0) is 10.5 Å². The lowest BCUT2D eigenvalue weighted by molar-refractivity contribution is -0.118. The Balaban J connectivity index is 1.23. The lowest BCUT2D eigenvalue weighted by atomic mass is 10.2. The molecule has 2 aromatic carbocycles. The van der Waals surface area contributed by atoms with Crippen molar-refractivity contribution in [1.29, 1.82) is 0 Å². The number of amides is 1. The van der Waals surface area contributed by atoms with Crippen LogP contribution in [0.15, 0.2) is 60.7 Å². The largest absolute Gasteiger partial charge is 0.369 e. The van der Waals surface area contributed by atoms with Crippen LogP contribution in [-0.4, -0.2) is 55.8 Å². The second-order valence-corrected chi connectivity index (χ2v) is 7.83. The molecule has 1 N–H and O–H groups in total. The molecule has 2 aromatic rings. The number of hydrogen-bond donors (Lipinski definition) is 1. The van der Waals surface area contributed by atoms with Gasteiger partial charge in [0.2, 0.25) is 5.91 Å². The van der Waals surface area contributed by atoms with Crippen molar-refractivity contribution in [2.45, 2.75) is 12.2 Å². The average Bonchev–Trinajstić information content (AvgIpc) is 2.73. The maximum Gasteiger partial charge on any atom is 0.230 e. The Kier molecular flexibility index (Phi) is 8.05. The Morgan fingerprint density at radius 3 is 2.30 bits per heavy atom. The second-order valence-electron chi connectivity index (χ2n) is 6.85. The van der Waals surface area contributed by atoms with Gasteiger partial charge in [-0.3, -0.25) is 9.69 Å². The maximum atomic E-state index is 11.9. The predicted molar refractivity (Wildman–Crippen MR) is 115 cm³/mol. The third-order valence-electron chi connectivity index (χ3n) is 4.81. The summed E-state index contributed by atoms with van der Waals surface area (Å²) in [6.45, 7) is 6.16. The highest BCUT2D eigenvalue weighted by Gasteiger charge is 2.16. The van der Waals surface area contributed by atoms with Gasteiger partial charge in [-0.15, -0.1) is 11.8 Å². The number of nitrogens with zero attached hydrogens (tertiary/aromatic N) is 2. The van der Waals surface area contributed by atoms with Crippen molar-refractivity contribution in [3.05, 3.63) is 66.2 Å². The Hall–Kier alpha value is -1.98. The van der Waals surface area contributed by atoms with Gasteiger partial charge in [-0.1, -0.05) is 48.5 Å². The van der Waals surface area contributed by atoms with Crippen molar-refractivity contribution >= 4 is 23.4 Å². The third-order valence-corrected chi connectivity index (χ3v) is 5.82. The van der Waals surface area contributed by atoms with Crippen LogP contribution in [0.1, 0.15) is 12.0 Å². The predicted octanol–water partition coefficient (Wildman–Crippen LogP) is 3.25. The van der Waals surface area contributed by atoms with E-state index in [2.05, 4.69) is 57.6 Å². The number of benzene rings is 2. The van der Waals surface area contributed by atoms with Crippen LogP contribution in [0.4, 0.5) is 5.69 Å². The molecule has 1 aliphatic heterocycles. The van der Waals surface area contributed by atoms with Crippen LogP contribution in [0.2, 0.25) is 0 Å². The third kappa shape index (κ3) is 6.92. The summed E-state index contributed by atoms with van der Waals surface area (Å²) >= 11 is 1.67. The van der Waals surface area contributed by atoms with E-state index in [0.29, 0.717) is 5.75 Å². The Morgan fingerprint density at radius 2 is 1.59 bits per heavy atom. The Labute approximate surface area is 166 Å². The summed E-state index contributed by atoms with van der Waals surface area (Å²) in [6.07, 6.45) is 1.01. The SMILES string of the molecule is O=C(CSCc1ccccc1)NCCCN1CCN(c2ccccc2)CC1. The summed E-state index contributed by atoms with van der Waals surface area (Å²) in [6, 6.07) is 20.9. The summed E-state index contributed by atoms with van der Waals surface area (Å²) in [7, 11) is 0. The Morgan fingerprint density at radius 1 is 0.926 bits per heavy atom. The summed E-state index contributed by atoms with van der Waals surface area (Å²) in [4.78, 5) is 16.9. The first-order valence-electron chi connectivity index (χ1n) is 9.72. The standard InChI is InChI=1S/C22H29N3OS/c26-22(19-27-18-20-8-3-1-4-9-20)23-12-7-13-24-14-16-25(17-15-24)21-10-5-2-6-11-21/h1-6,8-11H,7,12-19H2,(H,23,26). The molecule has 27 heavy (non-hydrogen) atoms. The lowest BCUT2D eigenvalue weighted by Gasteiger charge is -2.36. The molecule has 0 bridgehead atoms. The quantitative estimate of drug-likeness (QED) is 0.675. The van der Waals surface area contributed by atoms with Gasteiger partial charge in [0.25, 0.3) is 0 Å². The van der Waals surface area contributed by atoms with E-state index in [1.54, 1.807) is 11.8 Å². The molecule has 1 saturated heterocycles. The molecule has 4 nitrogen and oxygen atoms in total. The molecule has 1 aliphatic rings. The fourth-order valence-electron chi connectivity index (χ4n) is 3.29. The molecule has 0 unspecified atom stereocenters. The van der Waals surface area contributed by atoms with Gasteiger partial charge in [0.05, 0.1) is 5.75 Å². The van der Waals surface area contributed by atoms with Crippen LogP contribution < -0.4 is 10.2 Å². The number of thioether (sulfide) groups is 1. The van der Waals surface area contributed by atoms with E-state index in [1.165, 1.54) is 11.3 Å². The van der Waals surface area contributed by atoms with E-state index < -0.39 is 0 Å². The van der Waals surface area contributed by atoms with E-state index in [1.807, 2.05) is 18.2 Å². The highest BCUT2D eigenvalue weighted by molar-refractivity contribution is 7.99. The minimum atomic E-state index is 0.143. The molecular formula is C22H29N3OS. The fraction of sp³-hybridized carbons (Fsp3) is 0.409. The topological polar surface area (TPSA) is 35.6 Å². The summed E-state index contributed by atoms with van der Waals surface area (Å²) < 4.78 is 0. The molecule has 0 radical (unpaired) electrons. The van der Waals surface area contributed by atoms with E-state index >= 15 is 0 Å². The van der Waals surface area contributed by atoms with Gasteiger partial charge in [-0.25, -0.2) is 0 Å². The van der Waals surface area contributed by atoms with Crippen molar-refractivity contribution in [1.82, 2.24) is 10.2 Å². The number of hydrogen-bond acceptors (Lipinski definition) is 4. The number of carbonyl (C=O) groups is 1. The van der Waals surface area contributed by atoms with Crippen LogP contribution in [0.25, 0.3) is 0 Å². The van der Waals surface area contributed by atoms with Gasteiger partial charge in [-0.2, -0.15) is 0 Å². The molecule has 1 fully saturated rings. The number of anilines is 1. The molecule has 1 heterocycles. The molecule has 0 atom stereocenters. The molecule has 3 rings (SSSR count). The van der Waals surface area contributed by atoms with E-state index in [-0.39, 0.29) is 5.91 Å². The zero-order valence-electron chi connectivity index (χ0n) is 15.8. The Bertz CT molecular complexity index is 672. The van der Waals surface area contributed by atoms with Crippen molar-refractivity contribution in [2.24, 2.45) is 0 Å². The maximum absolute atomic E-state index is 11.9. The molecule has 0 spiro atoms. The number of rotatable bonds is 9. The average molecular weight is 384 g/mol. The van der Waals surface area contributed by atoms with Crippen molar-refractivity contribution < 1.29 is 4.79 Å². The first-order chi connectivity index (χ1) is 13.3. The molecule has 0 aromatic heterocycles. The van der Waals surface area contributed by atoms with Crippen molar-refractivity contribution in [3.8, 4) is 0 Å². The molecule has 0 aliphatic carbocycles. The summed E-state index contributed by atoms with van der Waals surface area (Å²) in [5.41, 5.74) is 2.59. The smallest absolute Gasteiger partial charge is 0.230 e. The minimum Gasteiger partial charge on any atom is -0.369 e. The van der Waals surface area contributed by atoms with Crippen molar-refractivity contribution in [3.63, 3.8) is 0 Å². The number of piperazine rings is 1. The van der Waals surface area contributed by atoms with E-state index in [0.717, 1.165) is 51.4 Å². The second kappa shape index (κ2) is 11.0. The molecule has 1 amide bonds. The van der Waals surface area contributed by atoms with Gasteiger partial charge >= 0.3 is 0 Å². The first kappa shape index (κ1) is 19.8. The number of nitrogens with one attached hydrogen (secondary N) is 1. The highest BCUT2D eigenvalue weighted by Crippen LogP contribution is 2.15. The number of carbonyl (C=O) groups excluding carboxylic acids is 1. The van der Waals surface area contributed by atoms with Gasteiger partial charge in [0, 0.05) is 44.2 Å². The normalized spacial score (nSPS) is 14.9. The van der Waals surface area contributed by atoms with Crippen molar-refractivity contribution in [2.75, 3.05) is 49.9 Å². The van der Waals surface area contributed by atoms with E-state index in [4.69, 9.17) is 0 Å². The number of para-hydroxylation sites is 1. The fourth-order valence-corrected chi connectivity index (χ4v) is 4.10. The summed E-state index contributed by atoms with van der Waals surface area (Å²) in [5, 5.41) is 3.05. The van der Waals surface area contributed by atoms with Crippen LogP contribution in [0, 0.1) is 0 Å². The summed E-state index contributed by atoms with van der Waals surface area (Å²) in [5.74, 6) is 1.56. The van der Waals surface area contributed by atoms with Crippen LogP contribution >= 0.6 is 11.8 Å². The van der Waals surface area contributed by atoms with Gasteiger partial charge < -0.3 is 10.2 Å². The molecule has 144 valence electrons. The lowest BCUT2D eigenvalue weighted by Crippen LogP contribution is -2.47. The molecule has 5 heteroatoms. The van der Waals surface area contributed by atoms with Crippen LogP contribution in [0.3, 0.4) is 0 Å². The van der Waals surface area contributed by atoms with Gasteiger partial charge in [0.1, 0.15) is 0 Å². The minimum absolute atomic E-state index is 0.143. The molecular weight excluding hydrogens is 354 g/mol. The van der Waals surface area contributed by atoms with Crippen LogP contribution in [0.5, 0.6) is 0 Å². The van der Waals surface area contributed by atoms with Gasteiger partial charge in [0.15, 0.2) is 0 Å². The highest BCUT2D eigenvalue weighted by atomic mass is 32.2. The van der Waals surface area contributed by atoms with Gasteiger partial charge in [-0.05, 0) is 30.7 Å². The zero-order chi connectivity index (χ0) is 18.7. The van der Waals surface area contributed by atoms with E-state index in [9.17, 15) is 4.79 Å².